The summed E-state index contributed by atoms with van der Waals surface area (Å²) in [6.45, 7) is 3.83. The van der Waals surface area contributed by atoms with Gasteiger partial charge in [-0.15, -0.1) is 6.58 Å². The summed E-state index contributed by atoms with van der Waals surface area (Å²) in [6.07, 6.45) is 4.80. The highest BCUT2D eigenvalue weighted by molar-refractivity contribution is 6.02. The van der Waals surface area contributed by atoms with Crippen LogP contribution in [-0.2, 0) is 11.8 Å². The van der Waals surface area contributed by atoms with Crippen molar-refractivity contribution < 1.29 is 9.21 Å². The number of aromatic nitrogens is 2. The van der Waals surface area contributed by atoms with Crippen molar-refractivity contribution in [2.75, 3.05) is 6.54 Å². The molecule has 3 aromatic rings. The Morgan fingerprint density at radius 3 is 3.00 bits per heavy atom. The molecule has 6 nitrogen and oxygen atoms in total. The second kappa shape index (κ2) is 6.89. The van der Waals surface area contributed by atoms with Crippen molar-refractivity contribution in [1.82, 2.24) is 15.1 Å². The van der Waals surface area contributed by atoms with Gasteiger partial charge in [-0.2, -0.15) is 10.4 Å². The van der Waals surface area contributed by atoms with E-state index in [0.717, 1.165) is 11.0 Å². The summed E-state index contributed by atoms with van der Waals surface area (Å²) >= 11 is 0. The summed E-state index contributed by atoms with van der Waals surface area (Å²) < 4.78 is 7.46. The third kappa shape index (κ3) is 3.35. The van der Waals surface area contributed by atoms with Gasteiger partial charge in [0.05, 0.1) is 0 Å². The Morgan fingerprint density at radius 2 is 2.28 bits per heavy atom. The predicted octanol–water partition coefficient (Wildman–Crippen LogP) is 3.04. The van der Waals surface area contributed by atoms with E-state index in [-0.39, 0.29) is 5.57 Å². The van der Waals surface area contributed by atoms with E-state index in [1.165, 1.54) is 6.08 Å². The zero-order chi connectivity index (χ0) is 17.8. The van der Waals surface area contributed by atoms with E-state index in [0.29, 0.717) is 23.6 Å². The van der Waals surface area contributed by atoms with Gasteiger partial charge in [0.15, 0.2) is 5.76 Å². The number of rotatable bonds is 5. The van der Waals surface area contributed by atoms with Gasteiger partial charge < -0.3 is 9.73 Å². The Balaban J connectivity index is 2.03. The second-order valence-electron chi connectivity index (χ2n) is 5.42. The molecule has 1 aromatic carbocycles. The molecule has 0 aliphatic heterocycles. The Morgan fingerprint density at radius 1 is 1.48 bits per heavy atom. The molecule has 0 unspecified atom stereocenters. The van der Waals surface area contributed by atoms with Crippen molar-refractivity contribution in [2.45, 2.75) is 0 Å². The Bertz CT molecular complexity index is 985. The zero-order valence-electron chi connectivity index (χ0n) is 13.7. The standard InChI is InChI=1S/C19H16N4O2/c1-3-8-21-19(24)14(11-20)9-15-12-23(2)22-18(15)17-10-13-6-4-5-7-16(13)25-17/h3-7,9-10,12H,1,8H2,2H3,(H,21,24)/b14-9-. The molecule has 2 aromatic heterocycles. The Labute approximate surface area is 144 Å². The number of nitrogens with one attached hydrogen (secondary N) is 1. The van der Waals surface area contributed by atoms with Crippen LogP contribution < -0.4 is 5.32 Å². The van der Waals surface area contributed by atoms with Crippen LogP contribution in [0.15, 0.2) is 59.2 Å². The maximum Gasteiger partial charge on any atom is 0.262 e. The first-order valence-electron chi connectivity index (χ1n) is 7.66. The highest BCUT2D eigenvalue weighted by atomic mass is 16.3. The molecule has 2 heterocycles. The van der Waals surface area contributed by atoms with E-state index in [2.05, 4.69) is 17.0 Å². The third-order valence-electron chi connectivity index (χ3n) is 3.59. The highest BCUT2D eigenvalue weighted by Crippen LogP contribution is 2.29. The van der Waals surface area contributed by atoms with E-state index >= 15 is 0 Å². The summed E-state index contributed by atoms with van der Waals surface area (Å²) in [4.78, 5) is 12.0. The highest BCUT2D eigenvalue weighted by Gasteiger charge is 2.16. The van der Waals surface area contributed by atoms with Crippen LogP contribution in [0.4, 0.5) is 0 Å². The van der Waals surface area contributed by atoms with Crippen LogP contribution >= 0.6 is 0 Å². The number of fused-ring (bicyclic) bond motifs is 1. The van der Waals surface area contributed by atoms with Gasteiger partial charge >= 0.3 is 0 Å². The van der Waals surface area contributed by atoms with Gasteiger partial charge in [-0.05, 0) is 18.2 Å². The maximum absolute atomic E-state index is 12.0. The molecule has 3 rings (SSSR count). The molecule has 0 bridgehead atoms. The molecule has 0 atom stereocenters. The largest absolute Gasteiger partial charge is 0.454 e. The number of nitriles is 1. The van der Waals surface area contributed by atoms with Gasteiger partial charge in [0.1, 0.15) is 22.9 Å². The van der Waals surface area contributed by atoms with Crippen molar-refractivity contribution in [3.63, 3.8) is 0 Å². The first kappa shape index (κ1) is 16.3. The lowest BCUT2D eigenvalue weighted by atomic mass is 10.1. The fourth-order valence-corrected chi connectivity index (χ4v) is 2.47. The minimum atomic E-state index is -0.457. The van der Waals surface area contributed by atoms with Gasteiger partial charge in [0.25, 0.3) is 5.91 Å². The average Bonchev–Trinajstić information content (AvgIpc) is 3.20. The molecular weight excluding hydrogens is 316 g/mol. The lowest BCUT2D eigenvalue weighted by Gasteiger charge is -2.00. The number of aryl methyl sites for hydroxylation is 1. The van der Waals surface area contributed by atoms with Crippen molar-refractivity contribution in [3.05, 3.63) is 60.3 Å². The zero-order valence-corrected chi connectivity index (χ0v) is 13.7. The van der Waals surface area contributed by atoms with Gasteiger partial charge in [0.2, 0.25) is 0 Å². The molecule has 0 aliphatic carbocycles. The van der Waals surface area contributed by atoms with E-state index in [1.54, 1.807) is 24.0 Å². The summed E-state index contributed by atoms with van der Waals surface area (Å²) in [7, 11) is 1.77. The van der Waals surface area contributed by atoms with Crippen LogP contribution in [0, 0.1) is 11.3 Å². The molecule has 0 fully saturated rings. The van der Waals surface area contributed by atoms with Crippen LogP contribution in [0.3, 0.4) is 0 Å². The van der Waals surface area contributed by atoms with Crippen LogP contribution in [-0.4, -0.2) is 22.2 Å². The fourth-order valence-electron chi connectivity index (χ4n) is 2.47. The van der Waals surface area contributed by atoms with E-state index in [9.17, 15) is 10.1 Å². The molecule has 0 spiro atoms. The number of nitrogens with zero attached hydrogens (tertiary/aromatic N) is 3. The molecule has 0 saturated heterocycles. The number of carbonyl (C=O) groups excluding carboxylic acids is 1. The lowest BCUT2D eigenvalue weighted by molar-refractivity contribution is -0.116. The first-order valence-corrected chi connectivity index (χ1v) is 7.66. The molecule has 0 aliphatic rings. The average molecular weight is 332 g/mol. The van der Waals surface area contributed by atoms with E-state index < -0.39 is 5.91 Å². The number of amides is 1. The minimum absolute atomic E-state index is 0.00721. The van der Waals surface area contributed by atoms with Gasteiger partial charge in [-0.1, -0.05) is 24.3 Å². The normalized spacial score (nSPS) is 11.3. The number of benzene rings is 1. The minimum Gasteiger partial charge on any atom is -0.454 e. The maximum atomic E-state index is 12.0. The van der Waals surface area contributed by atoms with Gasteiger partial charge in [0, 0.05) is 30.7 Å². The van der Waals surface area contributed by atoms with E-state index in [4.69, 9.17) is 4.42 Å². The van der Waals surface area contributed by atoms with Gasteiger partial charge in [-0.25, -0.2) is 0 Å². The van der Waals surface area contributed by atoms with Crippen LogP contribution in [0.5, 0.6) is 0 Å². The first-order chi connectivity index (χ1) is 12.1. The fraction of sp³-hybridized carbons (Fsp3) is 0.105. The van der Waals surface area contributed by atoms with Crippen molar-refractivity contribution in [3.8, 4) is 17.5 Å². The monoisotopic (exact) mass is 332 g/mol. The quantitative estimate of drug-likeness (QED) is 0.442. The smallest absolute Gasteiger partial charge is 0.262 e. The third-order valence-corrected chi connectivity index (χ3v) is 3.59. The molecule has 0 saturated carbocycles. The van der Waals surface area contributed by atoms with Crippen molar-refractivity contribution in [1.29, 1.82) is 5.26 Å². The number of hydrogen-bond donors (Lipinski definition) is 1. The number of para-hydroxylation sites is 1. The second-order valence-corrected chi connectivity index (χ2v) is 5.42. The molecule has 1 amide bonds. The number of carbonyl (C=O) groups is 1. The van der Waals surface area contributed by atoms with Crippen LogP contribution in [0.2, 0.25) is 0 Å². The van der Waals surface area contributed by atoms with Crippen molar-refractivity contribution >= 4 is 23.0 Å². The van der Waals surface area contributed by atoms with Crippen molar-refractivity contribution in [2.24, 2.45) is 7.05 Å². The summed E-state index contributed by atoms with van der Waals surface area (Å²) in [5.41, 5.74) is 1.95. The molecule has 124 valence electrons. The number of furan rings is 1. The molecule has 0 radical (unpaired) electrons. The molecule has 25 heavy (non-hydrogen) atoms. The SMILES string of the molecule is C=CCNC(=O)/C(C#N)=C\c1cn(C)nc1-c1cc2ccccc2o1. The summed E-state index contributed by atoms with van der Waals surface area (Å²) in [6, 6.07) is 11.5. The van der Waals surface area contributed by atoms with Crippen LogP contribution in [0.25, 0.3) is 28.5 Å². The number of hydrogen-bond acceptors (Lipinski definition) is 4. The van der Waals surface area contributed by atoms with E-state index in [1.807, 2.05) is 36.4 Å². The summed E-state index contributed by atoms with van der Waals surface area (Å²) in [5, 5.41) is 17.2. The molecule has 1 N–H and O–H groups in total. The predicted molar refractivity (Wildman–Crippen MR) is 95.2 cm³/mol. The molecule has 6 heteroatoms. The van der Waals surface area contributed by atoms with Gasteiger partial charge in [-0.3, -0.25) is 9.48 Å². The topological polar surface area (TPSA) is 83.9 Å². The summed E-state index contributed by atoms with van der Waals surface area (Å²) in [5.74, 6) is 0.124. The lowest BCUT2D eigenvalue weighted by Crippen LogP contribution is -2.24. The molecular formula is C19H16N4O2. The Kier molecular flexibility index (Phi) is 4.48. The van der Waals surface area contributed by atoms with Crippen LogP contribution in [0.1, 0.15) is 5.56 Å². The Hall–Kier alpha value is -3.59.